The predicted molar refractivity (Wildman–Crippen MR) is 105 cm³/mol. The van der Waals surface area contributed by atoms with E-state index in [9.17, 15) is 4.79 Å². The molecule has 1 aliphatic heterocycles. The van der Waals surface area contributed by atoms with Crippen molar-refractivity contribution in [3.63, 3.8) is 0 Å². The minimum atomic E-state index is 0. The molecule has 0 spiro atoms. The molecule has 0 aromatic heterocycles. The van der Waals surface area contributed by atoms with Gasteiger partial charge in [-0.2, -0.15) is 0 Å². The van der Waals surface area contributed by atoms with Crippen LogP contribution in [0.2, 0.25) is 0 Å². The highest BCUT2D eigenvalue weighted by Gasteiger charge is 2.20. The SMILES string of the molecule is CC(CCNC(=O)C1CCCNC1)N(C)Cc1ccccc1.Cl.Cl. The van der Waals surface area contributed by atoms with Gasteiger partial charge in [0.25, 0.3) is 0 Å². The summed E-state index contributed by atoms with van der Waals surface area (Å²) >= 11 is 0. The van der Waals surface area contributed by atoms with Gasteiger partial charge in [0.05, 0.1) is 5.92 Å². The van der Waals surface area contributed by atoms with E-state index in [4.69, 9.17) is 0 Å². The average Bonchev–Trinajstić information content (AvgIpc) is 2.56. The zero-order chi connectivity index (χ0) is 15.8. The van der Waals surface area contributed by atoms with Gasteiger partial charge in [0.2, 0.25) is 5.91 Å². The Morgan fingerprint density at radius 3 is 2.67 bits per heavy atom. The normalized spacial score (nSPS) is 18.2. The minimum absolute atomic E-state index is 0. The Morgan fingerprint density at radius 2 is 2.04 bits per heavy atom. The van der Waals surface area contributed by atoms with Gasteiger partial charge in [-0.15, -0.1) is 24.8 Å². The second-order valence-electron chi connectivity index (χ2n) is 6.37. The van der Waals surface area contributed by atoms with Crippen LogP contribution in [0, 0.1) is 5.92 Å². The molecule has 1 aromatic rings. The fourth-order valence-corrected chi connectivity index (χ4v) is 2.87. The van der Waals surface area contributed by atoms with E-state index in [1.54, 1.807) is 0 Å². The van der Waals surface area contributed by atoms with Crippen molar-refractivity contribution in [2.24, 2.45) is 5.92 Å². The van der Waals surface area contributed by atoms with Crippen molar-refractivity contribution in [1.82, 2.24) is 15.5 Å². The minimum Gasteiger partial charge on any atom is -0.356 e. The van der Waals surface area contributed by atoms with E-state index in [0.29, 0.717) is 6.04 Å². The van der Waals surface area contributed by atoms with E-state index in [2.05, 4.69) is 53.8 Å². The number of piperidine rings is 1. The molecule has 1 aliphatic rings. The monoisotopic (exact) mass is 375 g/mol. The molecule has 1 aromatic carbocycles. The summed E-state index contributed by atoms with van der Waals surface area (Å²) in [5.41, 5.74) is 1.33. The smallest absolute Gasteiger partial charge is 0.224 e. The quantitative estimate of drug-likeness (QED) is 0.769. The van der Waals surface area contributed by atoms with Crippen LogP contribution in [0.15, 0.2) is 30.3 Å². The Kier molecular flexibility index (Phi) is 12.1. The van der Waals surface area contributed by atoms with Crippen LogP contribution in [0.3, 0.4) is 0 Å². The number of nitrogens with zero attached hydrogens (tertiary/aromatic N) is 1. The molecule has 24 heavy (non-hydrogen) atoms. The Balaban J connectivity index is 0.00000264. The van der Waals surface area contributed by atoms with Crippen molar-refractivity contribution < 1.29 is 4.79 Å². The molecule has 1 heterocycles. The van der Waals surface area contributed by atoms with Gasteiger partial charge in [0, 0.05) is 25.7 Å². The third kappa shape index (κ3) is 7.84. The summed E-state index contributed by atoms with van der Waals surface area (Å²) in [6, 6.07) is 11.0. The molecule has 1 amide bonds. The van der Waals surface area contributed by atoms with Crippen molar-refractivity contribution >= 4 is 30.7 Å². The molecule has 0 aliphatic carbocycles. The second kappa shape index (κ2) is 12.5. The number of benzene rings is 1. The first-order valence-electron chi connectivity index (χ1n) is 8.39. The maximum atomic E-state index is 12.1. The van der Waals surface area contributed by atoms with E-state index in [1.165, 1.54) is 5.56 Å². The Hall–Kier alpha value is -0.810. The van der Waals surface area contributed by atoms with Gasteiger partial charge in [0.15, 0.2) is 0 Å². The summed E-state index contributed by atoms with van der Waals surface area (Å²) in [5, 5.41) is 6.39. The zero-order valence-corrected chi connectivity index (χ0v) is 16.3. The van der Waals surface area contributed by atoms with Gasteiger partial charge in [-0.05, 0) is 45.3 Å². The number of hydrogen-bond acceptors (Lipinski definition) is 3. The van der Waals surface area contributed by atoms with Crippen molar-refractivity contribution in [3.8, 4) is 0 Å². The third-order valence-corrected chi connectivity index (χ3v) is 4.56. The summed E-state index contributed by atoms with van der Waals surface area (Å²) in [6.07, 6.45) is 3.10. The van der Waals surface area contributed by atoms with Crippen LogP contribution in [-0.2, 0) is 11.3 Å². The first-order chi connectivity index (χ1) is 10.7. The van der Waals surface area contributed by atoms with Crippen LogP contribution in [0.4, 0.5) is 0 Å². The van der Waals surface area contributed by atoms with E-state index >= 15 is 0 Å². The molecular formula is C18H31Cl2N3O. The first kappa shape index (κ1) is 23.2. The van der Waals surface area contributed by atoms with Crippen molar-refractivity contribution in [1.29, 1.82) is 0 Å². The molecule has 6 heteroatoms. The molecule has 2 N–H and O–H groups in total. The largest absolute Gasteiger partial charge is 0.356 e. The maximum absolute atomic E-state index is 12.1. The number of amides is 1. The molecule has 2 atom stereocenters. The lowest BCUT2D eigenvalue weighted by atomic mass is 9.99. The van der Waals surface area contributed by atoms with Gasteiger partial charge >= 0.3 is 0 Å². The number of nitrogens with one attached hydrogen (secondary N) is 2. The summed E-state index contributed by atoms with van der Waals surface area (Å²) < 4.78 is 0. The zero-order valence-electron chi connectivity index (χ0n) is 14.7. The van der Waals surface area contributed by atoms with Crippen molar-refractivity contribution in [3.05, 3.63) is 35.9 Å². The van der Waals surface area contributed by atoms with Crippen LogP contribution in [0.1, 0.15) is 31.7 Å². The van der Waals surface area contributed by atoms with Gasteiger partial charge < -0.3 is 10.6 Å². The third-order valence-electron chi connectivity index (χ3n) is 4.56. The highest BCUT2D eigenvalue weighted by Crippen LogP contribution is 2.10. The molecule has 138 valence electrons. The van der Waals surface area contributed by atoms with E-state index < -0.39 is 0 Å². The summed E-state index contributed by atoms with van der Waals surface area (Å²) in [4.78, 5) is 14.4. The Bertz CT molecular complexity index is 453. The summed E-state index contributed by atoms with van der Waals surface area (Å²) in [7, 11) is 2.14. The number of hydrogen-bond donors (Lipinski definition) is 2. The number of halogens is 2. The molecule has 2 unspecified atom stereocenters. The summed E-state index contributed by atoms with van der Waals surface area (Å²) in [5.74, 6) is 0.371. The van der Waals surface area contributed by atoms with E-state index in [0.717, 1.165) is 45.4 Å². The van der Waals surface area contributed by atoms with Crippen LogP contribution in [0.5, 0.6) is 0 Å². The number of carbonyl (C=O) groups excluding carboxylic acids is 1. The fraction of sp³-hybridized carbons (Fsp3) is 0.611. The molecular weight excluding hydrogens is 345 g/mol. The van der Waals surface area contributed by atoms with Gasteiger partial charge in [-0.1, -0.05) is 30.3 Å². The van der Waals surface area contributed by atoms with Crippen molar-refractivity contribution in [2.75, 3.05) is 26.7 Å². The fourth-order valence-electron chi connectivity index (χ4n) is 2.87. The average molecular weight is 376 g/mol. The van der Waals surface area contributed by atoms with E-state index in [1.807, 2.05) is 6.07 Å². The van der Waals surface area contributed by atoms with Crippen LogP contribution in [0.25, 0.3) is 0 Å². The molecule has 1 saturated heterocycles. The highest BCUT2D eigenvalue weighted by atomic mass is 35.5. The Labute approximate surface area is 158 Å². The Morgan fingerprint density at radius 1 is 1.33 bits per heavy atom. The maximum Gasteiger partial charge on any atom is 0.224 e. The van der Waals surface area contributed by atoms with Gasteiger partial charge in [-0.3, -0.25) is 9.69 Å². The summed E-state index contributed by atoms with van der Waals surface area (Å²) in [6.45, 7) is 5.80. The number of rotatable bonds is 7. The van der Waals surface area contributed by atoms with Crippen LogP contribution < -0.4 is 10.6 Å². The predicted octanol–water partition coefficient (Wildman–Crippen LogP) is 2.86. The lowest BCUT2D eigenvalue weighted by Crippen LogP contribution is -2.41. The van der Waals surface area contributed by atoms with Crippen molar-refractivity contribution in [2.45, 2.75) is 38.8 Å². The standard InChI is InChI=1S/C18H29N3O.2ClH/c1-15(21(2)14-16-7-4-3-5-8-16)10-12-20-18(22)17-9-6-11-19-13-17;;/h3-5,7-8,15,17,19H,6,9-14H2,1-2H3,(H,20,22);2*1H. The van der Waals surface area contributed by atoms with E-state index in [-0.39, 0.29) is 36.6 Å². The molecule has 0 bridgehead atoms. The molecule has 4 nitrogen and oxygen atoms in total. The molecule has 0 radical (unpaired) electrons. The molecule has 2 rings (SSSR count). The lowest BCUT2D eigenvalue weighted by molar-refractivity contribution is -0.125. The van der Waals surface area contributed by atoms with Gasteiger partial charge in [0.1, 0.15) is 0 Å². The first-order valence-corrected chi connectivity index (χ1v) is 8.39. The van der Waals surface area contributed by atoms with Crippen LogP contribution in [-0.4, -0.2) is 43.5 Å². The lowest BCUT2D eigenvalue weighted by Gasteiger charge is -2.26. The molecule has 1 fully saturated rings. The van der Waals surface area contributed by atoms with Crippen LogP contribution >= 0.6 is 24.8 Å². The number of carbonyl (C=O) groups is 1. The van der Waals surface area contributed by atoms with Gasteiger partial charge in [-0.25, -0.2) is 0 Å². The second-order valence-corrected chi connectivity index (χ2v) is 6.37. The highest BCUT2D eigenvalue weighted by molar-refractivity contribution is 5.85. The molecule has 0 saturated carbocycles. The topological polar surface area (TPSA) is 44.4 Å².